The number of nitrogens with zero attached hydrogens (tertiary/aromatic N) is 1. The topological polar surface area (TPSA) is 32.3 Å². The van der Waals surface area contributed by atoms with Gasteiger partial charge in [0.05, 0.1) is 5.69 Å². The van der Waals surface area contributed by atoms with E-state index >= 15 is 0 Å². The second kappa shape index (κ2) is 3.82. The third-order valence-electron chi connectivity index (χ3n) is 4.55. The van der Waals surface area contributed by atoms with Gasteiger partial charge in [0.15, 0.2) is 0 Å². The molecule has 3 heteroatoms. The molecule has 3 heterocycles. The number of aryl methyl sites for hydroxylation is 2. The van der Waals surface area contributed by atoms with Gasteiger partial charge in [-0.15, -0.1) is 0 Å². The van der Waals surface area contributed by atoms with Crippen molar-refractivity contribution in [2.75, 3.05) is 24.5 Å². The second-order valence-electron chi connectivity index (χ2n) is 5.69. The largest absolute Gasteiger partial charge is 0.315 e. The van der Waals surface area contributed by atoms with Crippen molar-refractivity contribution in [3.63, 3.8) is 0 Å². The minimum absolute atomic E-state index is 0.321. The normalized spacial score (nSPS) is 22.7. The van der Waals surface area contributed by atoms with Crippen LogP contribution in [0.5, 0.6) is 0 Å². The maximum atomic E-state index is 12.0. The monoisotopic (exact) mass is 242 g/mol. The van der Waals surface area contributed by atoms with Crippen molar-refractivity contribution >= 4 is 11.6 Å². The summed E-state index contributed by atoms with van der Waals surface area (Å²) >= 11 is 0. The summed E-state index contributed by atoms with van der Waals surface area (Å²) < 4.78 is 0. The summed E-state index contributed by atoms with van der Waals surface area (Å²) in [5.74, 6) is 1.01. The molecule has 0 atom stereocenters. The molecule has 18 heavy (non-hydrogen) atoms. The van der Waals surface area contributed by atoms with Crippen LogP contribution in [0.4, 0.5) is 5.69 Å². The number of nitrogens with one attached hydrogen (secondary N) is 1. The van der Waals surface area contributed by atoms with Crippen LogP contribution >= 0.6 is 0 Å². The Kier molecular flexibility index (Phi) is 2.24. The maximum absolute atomic E-state index is 12.0. The fourth-order valence-corrected chi connectivity index (χ4v) is 3.44. The van der Waals surface area contributed by atoms with Crippen LogP contribution in [0.2, 0.25) is 0 Å². The van der Waals surface area contributed by atoms with Gasteiger partial charge in [0, 0.05) is 32.0 Å². The zero-order valence-corrected chi connectivity index (χ0v) is 10.5. The van der Waals surface area contributed by atoms with Crippen molar-refractivity contribution in [3.8, 4) is 0 Å². The smallest absolute Gasteiger partial charge is 0.227 e. The van der Waals surface area contributed by atoms with Gasteiger partial charge in [-0.2, -0.15) is 0 Å². The van der Waals surface area contributed by atoms with Crippen LogP contribution in [0.25, 0.3) is 0 Å². The Morgan fingerprint density at radius 2 is 1.89 bits per heavy atom. The number of rotatable bonds is 1. The number of carbonyl (C=O) groups excluding carboxylic acids is 1. The molecule has 0 unspecified atom stereocenters. The number of amides is 1. The molecular weight excluding hydrogens is 224 g/mol. The summed E-state index contributed by atoms with van der Waals surface area (Å²) in [7, 11) is 0. The Hall–Kier alpha value is -1.35. The Morgan fingerprint density at radius 3 is 2.61 bits per heavy atom. The highest BCUT2D eigenvalue weighted by atomic mass is 16.2. The van der Waals surface area contributed by atoms with E-state index in [0.717, 1.165) is 38.9 Å². The van der Waals surface area contributed by atoms with E-state index in [1.807, 2.05) is 4.90 Å². The van der Waals surface area contributed by atoms with Gasteiger partial charge >= 0.3 is 0 Å². The number of carbonyl (C=O) groups is 1. The zero-order chi connectivity index (χ0) is 12.1. The fourth-order valence-electron chi connectivity index (χ4n) is 3.44. The van der Waals surface area contributed by atoms with Crippen LogP contribution in [0.15, 0.2) is 12.1 Å². The van der Waals surface area contributed by atoms with Crippen LogP contribution in [-0.2, 0) is 17.6 Å². The van der Waals surface area contributed by atoms with Gasteiger partial charge in [-0.3, -0.25) is 4.79 Å². The first-order chi connectivity index (χ1) is 8.83. The quantitative estimate of drug-likeness (QED) is 0.811. The van der Waals surface area contributed by atoms with Gasteiger partial charge in [0.2, 0.25) is 5.91 Å². The summed E-state index contributed by atoms with van der Waals surface area (Å²) in [6, 6.07) is 4.71. The number of anilines is 1. The molecule has 1 fully saturated rings. The zero-order valence-electron chi connectivity index (χ0n) is 10.5. The van der Waals surface area contributed by atoms with E-state index < -0.39 is 0 Å². The highest BCUT2D eigenvalue weighted by molar-refractivity contribution is 5.97. The maximum Gasteiger partial charge on any atom is 0.227 e. The molecule has 0 spiro atoms. The number of benzene rings is 1. The van der Waals surface area contributed by atoms with E-state index in [2.05, 4.69) is 17.4 Å². The van der Waals surface area contributed by atoms with Crippen molar-refractivity contribution in [2.45, 2.75) is 31.6 Å². The summed E-state index contributed by atoms with van der Waals surface area (Å²) in [5.41, 5.74) is 5.56. The molecule has 0 aromatic heterocycles. The first kappa shape index (κ1) is 10.6. The second-order valence-corrected chi connectivity index (χ2v) is 5.69. The molecule has 1 aromatic carbocycles. The van der Waals surface area contributed by atoms with Crippen LogP contribution in [0.3, 0.4) is 0 Å². The predicted octanol–water partition coefficient (Wildman–Crippen LogP) is 1.60. The molecule has 3 nitrogen and oxygen atoms in total. The Bertz CT molecular complexity index is 502. The van der Waals surface area contributed by atoms with Crippen molar-refractivity contribution in [1.82, 2.24) is 5.32 Å². The molecule has 1 aromatic rings. The average molecular weight is 242 g/mol. The standard InChI is InChI=1S/C15H18N2O/c18-14-4-3-11-7-12(13-8-16-9-13)6-10-2-1-5-17(14)15(10)11/h6-7,13,16H,1-5,8-9H2. The predicted molar refractivity (Wildman–Crippen MR) is 71.0 cm³/mol. The van der Waals surface area contributed by atoms with Crippen molar-refractivity contribution in [2.24, 2.45) is 0 Å². The van der Waals surface area contributed by atoms with Crippen molar-refractivity contribution < 1.29 is 4.79 Å². The third kappa shape index (κ3) is 1.43. The van der Waals surface area contributed by atoms with Crippen LogP contribution < -0.4 is 10.2 Å². The highest BCUT2D eigenvalue weighted by Gasteiger charge is 2.31. The summed E-state index contributed by atoms with van der Waals surface area (Å²) in [6.07, 6.45) is 3.88. The van der Waals surface area contributed by atoms with E-state index in [0.29, 0.717) is 18.2 Å². The van der Waals surface area contributed by atoms with Crippen LogP contribution in [0.1, 0.15) is 35.4 Å². The van der Waals surface area contributed by atoms with Gasteiger partial charge in [-0.1, -0.05) is 12.1 Å². The Labute approximate surface area is 107 Å². The van der Waals surface area contributed by atoms with E-state index in [-0.39, 0.29) is 0 Å². The lowest BCUT2D eigenvalue weighted by Gasteiger charge is -2.37. The minimum atomic E-state index is 0.321. The summed E-state index contributed by atoms with van der Waals surface area (Å²) in [6.45, 7) is 3.14. The Balaban J connectivity index is 1.83. The van der Waals surface area contributed by atoms with Crippen molar-refractivity contribution in [3.05, 3.63) is 28.8 Å². The summed E-state index contributed by atoms with van der Waals surface area (Å²) in [4.78, 5) is 14.0. The first-order valence-electron chi connectivity index (χ1n) is 7.00. The molecule has 4 rings (SSSR count). The van der Waals surface area contributed by atoms with Crippen LogP contribution in [0, 0.1) is 0 Å². The van der Waals surface area contributed by atoms with Gasteiger partial charge in [-0.25, -0.2) is 0 Å². The molecule has 1 saturated heterocycles. The molecule has 94 valence electrons. The van der Waals surface area contributed by atoms with Crippen molar-refractivity contribution in [1.29, 1.82) is 0 Å². The van der Waals surface area contributed by atoms with Crippen LogP contribution in [-0.4, -0.2) is 25.5 Å². The number of hydrogen-bond acceptors (Lipinski definition) is 2. The van der Waals surface area contributed by atoms with E-state index in [1.54, 1.807) is 0 Å². The Morgan fingerprint density at radius 1 is 1.11 bits per heavy atom. The molecule has 0 saturated carbocycles. The van der Waals surface area contributed by atoms with E-state index in [9.17, 15) is 4.79 Å². The van der Waals surface area contributed by atoms with Gasteiger partial charge in [0.25, 0.3) is 0 Å². The highest BCUT2D eigenvalue weighted by Crippen LogP contribution is 2.38. The van der Waals surface area contributed by atoms with E-state index in [4.69, 9.17) is 0 Å². The molecule has 3 aliphatic heterocycles. The lowest BCUT2D eigenvalue weighted by Crippen LogP contribution is -2.41. The number of hydrogen-bond donors (Lipinski definition) is 1. The molecule has 3 aliphatic rings. The molecule has 0 bridgehead atoms. The molecule has 1 N–H and O–H groups in total. The lowest BCUT2D eigenvalue weighted by atomic mass is 9.85. The summed E-state index contributed by atoms with van der Waals surface area (Å²) in [5, 5.41) is 3.34. The first-order valence-corrected chi connectivity index (χ1v) is 7.00. The third-order valence-corrected chi connectivity index (χ3v) is 4.55. The molecular formula is C15H18N2O. The van der Waals surface area contributed by atoms with E-state index in [1.165, 1.54) is 22.4 Å². The van der Waals surface area contributed by atoms with Gasteiger partial charge in [-0.05, 0) is 36.0 Å². The molecule has 1 amide bonds. The minimum Gasteiger partial charge on any atom is -0.315 e. The lowest BCUT2D eigenvalue weighted by molar-refractivity contribution is -0.119. The molecule has 0 aliphatic carbocycles. The fraction of sp³-hybridized carbons (Fsp3) is 0.533. The SMILES string of the molecule is O=C1CCc2cc(C3CNC3)cc3c2N1CCC3. The van der Waals surface area contributed by atoms with Gasteiger partial charge < -0.3 is 10.2 Å². The molecule has 0 radical (unpaired) electrons. The average Bonchev–Trinajstić information content (AvgIpc) is 2.31. The van der Waals surface area contributed by atoms with Gasteiger partial charge in [0.1, 0.15) is 0 Å².